The molecule has 0 spiro atoms. The maximum Gasteiger partial charge on any atom is 0.235 e. The topological polar surface area (TPSA) is 30.7 Å². The van der Waals surface area contributed by atoms with E-state index in [-0.39, 0.29) is 0 Å². The highest BCUT2D eigenvalue weighted by molar-refractivity contribution is 7.26. The maximum atomic E-state index is 5.47. The van der Waals surface area contributed by atoms with Crippen molar-refractivity contribution in [2.24, 2.45) is 0 Å². The molecule has 0 aliphatic rings. The molecule has 7 aromatic carbocycles. The summed E-state index contributed by atoms with van der Waals surface area (Å²) in [4.78, 5) is 10.9. The average molecular weight is 608 g/mol. The number of nitrogens with zero attached hydrogens (tertiary/aromatic N) is 3. The van der Waals surface area contributed by atoms with Crippen LogP contribution in [0.1, 0.15) is 0 Å². The molecule has 0 N–H and O–H groups in total. The third kappa shape index (κ3) is 3.18. The molecular weight excluding hydrogens is 587 g/mol. The van der Waals surface area contributed by atoms with Gasteiger partial charge in [0, 0.05) is 46.6 Å². The maximum absolute atomic E-state index is 5.47. The van der Waals surface area contributed by atoms with Gasteiger partial charge in [-0.3, -0.25) is 4.57 Å². The van der Waals surface area contributed by atoms with E-state index in [9.17, 15) is 0 Å². The zero-order valence-electron chi connectivity index (χ0n) is 23.8. The number of fused-ring (bicyclic) bond motifs is 4. The second-order valence-electron chi connectivity index (χ2n) is 11.8. The van der Waals surface area contributed by atoms with Crippen LogP contribution in [0.3, 0.4) is 0 Å². The third-order valence-corrected chi connectivity index (χ3v) is 11.6. The largest absolute Gasteiger partial charge is 0.278 e. The molecule has 4 heterocycles. The van der Waals surface area contributed by atoms with Crippen molar-refractivity contribution >= 4 is 106 Å². The summed E-state index contributed by atoms with van der Waals surface area (Å²) in [6.07, 6.45) is 0. The van der Waals surface area contributed by atoms with Crippen LogP contribution in [0, 0.1) is 0 Å². The van der Waals surface area contributed by atoms with E-state index in [1.165, 1.54) is 62.6 Å². The first-order valence-corrected chi connectivity index (χ1v) is 16.7. The number of rotatable bonds is 2. The van der Waals surface area contributed by atoms with Crippen LogP contribution in [0.15, 0.2) is 127 Å². The van der Waals surface area contributed by atoms with E-state index in [0.717, 1.165) is 32.5 Å². The summed E-state index contributed by atoms with van der Waals surface area (Å²) in [5.41, 5.74) is 5.36. The Balaban J connectivity index is 1.34. The Morgan fingerprint density at radius 1 is 0.467 bits per heavy atom. The number of benzene rings is 7. The van der Waals surface area contributed by atoms with Gasteiger partial charge >= 0.3 is 0 Å². The van der Waals surface area contributed by atoms with Crippen molar-refractivity contribution in [3.63, 3.8) is 0 Å². The summed E-state index contributed by atoms with van der Waals surface area (Å²) in [7, 11) is 0. The molecular formula is C40H21N3S2. The minimum Gasteiger partial charge on any atom is -0.278 e. The summed E-state index contributed by atoms with van der Waals surface area (Å²) in [5.74, 6) is 0.705. The summed E-state index contributed by atoms with van der Waals surface area (Å²) in [6.45, 7) is 0. The lowest BCUT2D eigenvalue weighted by molar-refractivity contribution is 1.02. The van der Waals surface area contributed by atoms with Gasteiger partial charge in [-0.05, 0) is 57.9 Å². The van der Waals surface area contributed by atoms with Crippen molar-refractivity contribution in [3.05, 3.63) is 127 Å². The van der Waals surface area contributed by atoms with Gasteiger partial charge < -0.3 is 0 Å². The Bertz CT molecular complexity index is 2890. The van der Waals surface area contributed by atoms with Crippen LogP contribution in [-0.4, -0.2) is 14.5 Å². The lowest BCUT2D eigenvalue weighted by Gasteiger charge is -2.11. The van der Waals surface area contributed by atoms with Crippen molar-refractivity contribution in [3.8, 4) is 17.2 Å². The minimum atomic E-state index is 0.705. The molecule has 0 radical (unpaired) electrons. The smallest absolute Gasteiger partial charge is 0.235 e. The van der Waals surface area contributed by atoms with E-state index in [1.807, 2.05) is 11.3 Å². The van der Waals surface area contributed by atoms with Crippen LogP contribution < -0.4 is 0 Å². The standard InChI is InChI=1S/C40H21N3S2/c1-2-8-25-21-26(16-15-22(25)7-1)37-39-38(27-11-3-4-12-30(27)45-39)42-40(41-37)43-28-19-17-23-9-5-13-31-33(23)35(28)36-29(43)20-18-24-10-6-14-32(44-31)34(24)36/h1-21H. The van der Waals surface area contributed by atoms with Gasteiger partial charge in [0.2, 0.25) is 5.95 Å². The van der Waals surface area contributed by atoms with Gasteiger partial charge in [0.25, 0.3) is 0 Å². The number of aromatic nitrogens is 3. The van der Waals surface area contributed by atoms with Gasteiger partial charge in [0.05, 0.1) is 26.9 Å². The Hall–Kier alpha value is -5.36. The predicted octanol–water partition coefficient (Wildman–Crippen LogP) is 11.7. The third-order valence-electron chi connectivity index (χ3n) is 9.35. The Kier molecular flexibility index (Phi) is 4.61. The zero-order valence-corrected chi connectivity index (χ0v) is 25.4. The monoisotopic (exact) mass is 607 g/mol. The highest BCUT2D eigenvalue weighted by atomic mass is 32.1. The van der Waals surface area contributed by atoms with Crippen LogP contribution in [0.25, 0.3) is 101 Å². The number of hydrogen-bond acceptors (Lipinski definition) is 4. The number of thiophene rings is 1. The fraction of sp³-hybridized carbons (Fsp3) is 0. The van der Waals surface area contributed by atoms with Crippen molar-refractivity contribution in [2.75, 3.05) is 0 Å². The first-order valence-electron chi connectivity index (χ1n) is 15.1. The lowest BCUT2D eigenvalue weighted by atomic mass is 10.00. The molecule has 0 amide bonds. The van der Waals surface area contributed by atoms with Gasteiger partial charge in [0.15, 0.2) is 0 Å². The van der Waals surface area contributed by atoms with Gasteiger partial charge in [-0.1, -0.05) is 91.0 Å². The average Bonchev–Trinajstić information content (AvgIpc) is 3.58. The van der Waals surface area contributed by atoms with E-state index >= 15 is 0 Å². The zero-order chi connectivity index (χ0) is 29.2. The van der Waals surface area contributed by atoms with E-state index < -0.39 is 0 Å². The lowest BCUT2D eigenvalue weighted by Crippen LogP contribution is -2.02. The minimum absolute atomic E-state index is 0.705. The van der Waals surface area contributed by atoms with Crippen molar-refractivity contribution in [1.29, 1.82) is 0 Å². The van der Waals surface area contributed by atoms with E-state index in [2.05, 4.69) is 132 Å². The van der Waals surface area contributed by atoms with E-state index in [4.69, 9.17) is 9.97 Å². The summed E-state index contributed by atoms with van der Waals surface area (Å²) >= 11 is 3.66. The fourth-order valence-corrected chi connectivity index (χ4v) is 9.72. The molecule has 4 aromatic heterocycles. The Morgan fingerprint density at radius 2 is 1.09 bits per heavy atom. The normalized spacial score (nSPS) is 12.4. The molecule has 0 saturated carbocycles. The molecule has 0 saturated heterocycles. The molecule has 5 heteroatoms. The highest BCUT2D eigenvalue weighted by Gasteiger charge is 2.23. The molecule has 0 aliphatic heterocycles. The number of hydrogen-bond donors (Lipinski definition) is 0. The van der Waals surface area contributed by atoms with Crippen LogP contribution in [0.4, 0.5) is 0 Å². The molecule has 0 bridgehead atoms. The summed E-state index contributed by atoms with van der Waals surface area (Å²) in [6, 6.07) is 46.2. The van der Waals surface area contributed by atoms with Crippen LogP contribution in [0.5, 0.6) is 0 Å². The predicted molar refractivity (Wildman–Crippen MR) is 194 cm³/mol. The van der Waals surface area contributed by atoms with E-state index in [1.54, 1.807) is 11.3 Å². The SMILES string of the molecule is c1ccc2cc(-c3nc(-n4c5ccc6cccc7sc8cccc9ccc4c(c98)c5c67)nc4c3sc3ccccc34)ccc2c1. The fourth-order valence-electron chi connectivity index (χ4n) is 7.39. The molecule has 0 atom stereocenters. The highest BCUT2D eigenvalue weighted by Crippen LogP contribution is 2.47. The molecule has 45 heavy (non-hydrogen) atoms. The molecule has 0 fully saturated rings. The molecule has 11 rings (SSSR count). The van der Waals surface area contributed by atoms with Crippen LogP contribution >= 0.6 is 22.7 Å². The molecule has 208 valence electrons. The second kappa shape index (κ2) is 8.63. The first kappa shape index (κ1) is 24.0. The molecule has 3 nitrogen and oxygen atoms in total. The Labute approximate surface area is 264 Å². The summed E-state index contributed by atoms with van der Waals surface area (Å²) in [5, 5.41) is 11.3. The second-order valence-corrected chi connectivity index (χ2v) is 13.9. The van der Waals surface area contributed by atoms with E-state index in [0.29, 0.717) is 5.95 Å². The quantitative estimate of drug-likeness (QED) is 0.196. The van der Waals surface area contributed by atoms with Gasteiger partial charge in [-0.2, -0.15) is 0 Å². The molecule has 0 unspecified atom stereocenters. The van der Waals surface area contributed by atoms with Crippen LogP contribution in [0.2, 0.25) is 0 Å². The first-order chi connectivity index (χ1) is 22.3. The van der Waals surface area contributed by atoms with Crippen molar-refractivity contribution in [1.82, 2.24) is 14.5 Å². The Morgan fingerprint density at radius 3 is 1.84 bits per heavy atom. The van der Waals surface area contributed by atoms with Crippen molar-refractivity contribution in [2.45, 2.75) is 0 Å². The van der Waals surface area contributed by atoms with Gasteiger partial charge in [-0.25, -0.2) is 9.97 Å². The molecule has 0 aliphatic carbocycles. The van der Waals surface area contributed by atoms with Gasteiger partial charge in [-0.15, -0.1) is 22.7 Å². The van der Waals surface area contributed by atoms with Crippen LogP contribution in [-0.2, 0) is 0 Å². The molecule has 11 aromatic rings. The van der Waals surface area contributed by atoms with Crippen molar-refractivity contribution < 1.29 is 0 Å². The van der Waals surface area contributed by atoms with Gasteiger partial charge in [0.1, 0.15) is 0 Å². The summed E-state index contributed by atoms with van der Waals surface area (Å²) < 4.78 is 7.23.